The average molecular weight is 216 g/mol. The molecule has 0 spiro atoms. The first-order valence-corrected chi connectivity index (χ1v) is 5.36. The second-order valence-corrected chi connectivity index (χ2v) is 3.82. The van der Waals surface area contributed by atoms with E-state index in [1.165, 1.54) is 0 Å². The number of nitrogens with zero attached hydrogens (tertiary/aromatic N) is 2. The first kappa shape index (κ1) is 9.54. The van der Waals surface area contributed by atoms with E-state index in [1.54, 1.807) is 12.5 Å². The molecular weight excluding hydrogens is 204 g/mol. The van der Waals surface area contributed by atoms with E-state index in [-0.39, 0.29) is 6.10 Å². The van der Waals surface area contributed by atoms with Gasteiger partial charge in [-0.2, -0.15) is 0 Å². The minimum atomic E-state index is 0.158. The average Bonchev–Trinajstić information content (AvgIpc) is 2.82. The van der Waals surface area contributed by atoms with Crippen molar-refractivity contribution < 1.29 is 9.47 Å². The smallest absolute Gasteiger partial charge is 0.130 e. The maximum absolute atomic E-state index is 5.88. The molecule has 0 N–H and O–H groups in total. The molecule has 1 aliphatic heterocycles. The van der Waals surface area contributed by atoms with Gasteiger partial charge in [-0.25, -0.2) is 9.97 Å². The van der Waals surface area contributed by atoms with Crippen molar-refractivity contribution in [2.24, 2.45) is 0 Å². The van der Waals surface area contributed by atoms with Gasteiger partial charge in [0.25, 0.3) is 0 Å². The molecule has 0 amide bonds. The van der Waals surface area contributed by atoms with E-state index in [9.17, 15) is 0 Å². The fourth-order valence-electron chi connectivity index (χ4n) is 1.87. The lowest BCUT2D eigenvalue weighted by Crippen LogP contribution is -2.15. The molecule has 0 saturated carbocycles. The standard InChI is InChI=1S/C12H12N2O2/c1-2-11-10(6-13-8-14-11)12(3-1)16-9-4-5-15-7-9/h1-3,6,8-9H,4-5,7H2. The summed E-state index contributed by atoms with van der Waals surface area (Å²) in [5.74, 6) is 0.841. The zero-order valence-corrected chi connectivity index (χ0v) is 8.80. The van der Waals surface area contributed by atoms with Crippen LogP contribution in [0.1, 0.15) is 6.42 Å². The van der Waals surface area contributed by atoms with Crippen molar-refractivity contribution >= 4 is 10.9 Å². The molecule has 0 bridgehead atoms. The molecule has 0 aliphatic carbocycles. The Morgan fingerprint density at radius 1 is 1.38 bits per heavy atom. The van der Waals surface area contributed by atoms with Gasteiger partial charge in [0, 0.05) is 12.6 Å². The number of benzene rings is 1. The van der Waals surface area contributed by atoms with Crippen LogP contribution in [0.25, 0.3) is 10.9 Å². The normalized spacial score (nSPS) is 20.1. The van der Waals surface area contributed by atoms with Gasteiger partial charge in [-0.05, 0) is 12.1 Å². The molecule has 1 fully saturated rings. The third kappa shape index (κ3) is 1.72. The highest BCUT2D eigenvalue weighted by Crippen LogP contribution is 2.25. The van der Waals surface area contributed by atoms with Crippen LogP contribution in [0.15, 0.2) is 30.7 Å². The number of rotatable bonds is 2. The fourth-order valence-corrected chi connectivity index (χ4v) is 1.87. The van der Waals surface area contributed by atoms with Crippen LogP contribution in [0.3, 0.4) is 0 Å². The van der Waals surface area contributed by atoms with E-state index in [0.29, 0.717) is 6.61 Å². The van der Waals surface area contributed by atoms with Crippen LogP contribution in [0.2, 0.25) is 0 Å². The van der Waals surface area contributed by atoms with E-state index < -0.39 is 0 Å². The molecule has 4 nitrogen and oxygen atoms in total. The number of hydrogen-bond donors (Lipinski definition) is 0. The molecule has 2 aromatic rings. The molecule has 4 heteroatoms. The molecule has 1 aliphatic rings. The van der Waals surface area contributed by atoms with Crippen molar-refractivity contribution in [3.05, 3.63) is 30.7 Å². The summed E-state index contributed by atoms with van der Waals surface area (Å²) in [5, 5.41) is 0.955. The minimum Gasteiger partial charge on any atom is -0.487 e. The van der Waals surface area contributed by atoms with Gasteiger partial charge in [0.2, 0.25) is 0 Å². The summed E-state index contributed by atoms with van der Waals surface area (Å²) in [6, 6.07) is 5.85. The van der Waals surface area contributed by atoms with Crippen molar-refractivity contribution in [1.29, 1.82) is 0 Å². The van der Waals surface area contributed by atoms with Gasteiger partial charge in [0.05, 0.1) is 24.1 Å². The van der Waals surface area contributed by atoms with Gasteiger partial charge in [-0.3, -0.25) is 0 Å². The van der Waals surface area contributed by atoms with E-state index in [0.717, 1.165) is 29.7 Å². The third-order valence-corrected chi connectivity index (χ3v) is 2.69. The highest BCUT2D eigenvalue weighted by Gasteiger charge is 2.18. The molecule has 2 heterocycles. The Morgan fingerprint density at radius 3 is 3.25 bits per heavy atom. The molecular formula is C12H12N2O2. The molecule has 1 atom stereocenters. The summed E-state index contributed by atoms with van der Waals surface area (Å²) < 4.78 is 11.2. The number of ether oxygens (including phenoxy) is 2. The summed E-state index contributed by atoms with van der Waals surface area (Å²) in [4.78, 5) is 8.22. The molecule has 1 saturated heterocycles. The Bertz CT molecular complexity index is 490. The predicted molar refractivity (Wildman–Crippen MR) is 59.4 cm³/mol. The Labute approximate surface area is 93.2 Å². The number of fused-ring (bicyclic) bond motifs is 1. The maximum Gasteiger partial charge on any atom is 0.130 e. The Morgan fingerprint density at radius 2 is 2.38 bits per heavy atom. The van der Waals surface area contributed by atoms with E-state index in [2.05, 4.69) is 9.97 Å². The van der Waals surface area contributed by atoms with Crippen molar-refractivity contribution in [3.8, 4) is 5.75 Å². The van der Waals surface area contributed by atoms with Gasteiger partial charge >= 0.3 is 0 Å². The van der Waals surface area contributed by atoms with Gasteiger partial charge in [-0.1, -0.05) is 6.07 Å². The minimum absolute atomic E-state index is 0.158. The van der Waals surface area contributed by atoms with Crippen LogP contribution >= 0.6 is 0 Å². The molecule has 16 heavy (non-hydrogen) atoms. The van der Waals surface area contributed by atoms with E-state index >= 15 is 0 Å². The van der Waals surface area contributed by atoms with E-state index in [1.807, 2.05) is 18.2 Å². The maximum atomic E-state index is 5.88. The summed E-state index contributed by atoms with van der Waals surface area (Å²) in [5.41, 5.74) is 0.909. The van der Waals surface area contributed by atoms with Crippen molar-refractivity contribution in [1.82, 2.24) is 9.97 Å². The molecule has 1 aromatic heterocycles. The predicted octanol–water partition coefficient (Wildman–Crippen LogP) is 1.80. The van der Waals surface area contributed by atoms with Gasteiger partial charge in [0.15, 0.2) is 0 Å². The summed E-state index contributed by atoms with van der Waals surface area (Å²) in [6.45, 7) is 1.45. The van der Waals surface area contributed by atoms with Crippen molar-refractivity contribution in [2.75, 3.05) is 13.2 Å². The van der Waals surface area contributed by atoms with Crippen LogP contribution in [0.5, 0.6) is 5.75 Å². The van der Waals surface area contributed by atoms with E-state index in [4.69, 9.17) is 9.47 Å². The molecule has 0 radical (unpaired) electrons. The Hall–Kier alpha value is -1.68. The second kappa shape index (κ2) is 4.06. The monoisotopic (exact) mass is 216 g/mol. The Balaban J connectivity index is 1.96. The number of aromatic nitrogens is 2. The molecule has 1 unspecified atom stereocenters. The SMILES string of the molecule is c1cc(OC2CCOC2)c2cncnc2c1. The topological polar surface area (TPSA) is 44.2 Å². The fraction of sp³-hybridized carbons (Fsp3) is 0.333. The zero-order chi connectivity index (χ0) is 10.8. The summed E-state index contributed by atoms with van der Waals surface area (Å²) in [6.07, 6.45) is 4.44. The summed E-state index contributed by atoms with van der Waals surface area (Å²) >= 11 is 0. The first-order valence-electron chi connectivity index (χ1n) is 5.36. The number of hydrogen-bond acceptors (Lipinski definition) is 4. The zero-order valence-electron chi connectivity index (χ0n) is 8.80. The van der Waals surface area contributed by atoms with Crippen molar-refractivity contribution in [2.45, 2.75) is 12.5 Å². The van der Waals surface area contributed by atoms with Gasteiger partial charge < -0.3 is 9.47 Å². The van der Waals surface area contributed by atoms with Crippen molar-refractivity contribution in [3.63, 3.8) is 0 Å². The van der Waals surface area contributed by atoms with Crippen LogP contribution in [0, 0.1) is 0 Å². The lowest BCUT2D eigenvalue weighted by atomic mass is 10.2. The summed E-state index contributed by atoms with van der Waals surface area (Å²) in [7, 11) is 0. The van der Waals surface area contributed by atoms with Gasteiger partial charge in [-0.15, -0.1) is 0 Å². The molecule has 3 rings (SSSR count). The van der Waals surface area contributed by atoms with Gasteiger partial charge in [0.1, 0.15) is 18.2 Å². The Kier molecular flexibility index (Phi) is 2.42. The lowest BCUT2D eigenvalue weighted by Gasteiger charge is -2.13. The quantitative estimate of drug-likeness (QED) is 0.767. The molecule has 1 aromatic carbocycles. The molecule has 82 valence electrons. The largest absolute Gasteiger partial charge is 0.487 e. The third-order valence-electron chi connectivity index (χ3n) is 2.69. The van der Waals surface area contributed by atoms with Crippen LogP contribution in [-0.2, 0) is 4.74 Å². The lowest BCUT2D eigenvalue weighted by molar-refractivity contribution is 0.142. The van der Waals surface area contributed by atoms with Crippen LogP contribution < -0.4 is 4.74 Å². The van der Waals surface area contributed by atoms with Crippen LogP contribution in [-0.4, -0.2) is 29.3 Å². The highest BCUT2D eigenvalue weighted by molar-refractivity contribution is 5.83. The van der Waals surface area contributed by atoms with Crippen LogP contribution in [0.4, 0.5) is 0 Å². The second-order valence-electron chi connectivity index (χ2n) is 3.82. The highest BCUT2D eigenvalue weighted by atomic mass is 16.5. The first-order chi connectivity index (χ1) is 7.93.